The number of hydrogen-bond acceptors (Lipinski definition) is 2. The number of aromatic nitrogens is 2. The van der Waals surface area contributed by atoms with Crippen molar-refractivity contribution in [3.8, 4) is 0 Å². The molecule has 2 rings (SSSR count). The van der Waals surface area contributed by atoms with E-state index in [2.05, 4.69) is 24.0 Å². The molecule has 2 N–H and O–H groups in total. The van der Waals surface area contributed by atoms with Gasteiger partial charge in [-0.2, -0.15) is 5.10 Å². The van der Waals surface area contributed by atoms with Crippen molar-refractivity contribution in [3.05, 3.63) is 17.0 Å². The zero-order chi connectivity index (χ0) is 11.7. The largest absolute Gasteiger partial charge is 0.476 e. The molecule has 1 fully saturated rings. The van der Waals surface area contributed by atoms with Gasteiger partial charge in [0, 0.05) is 11.3 Å². The molecular weight excluding hydrogens is 204 g/mol. The Bertz CT molecular complexity index is 390. The van der Waals surface area contributed by atoms with E-state index < -0.39 is 5.97 Å². The monoisotopic (exact) mass is 222 g/mol. The standard InChI is InChI=1S/C12H18N2O2/c1-7(2)10-9(8-5-3-4-6-8)11(12(15)16)14-13-10/h7-8H,3-6H2,1-2H3,(H,13,14)(H,15,16). The summed E-state index contributed by atoms with van der Waals surface area (Å²) in [4.78, 5) is 11.1. The maximum atomic E-state index is 11.1. The van der Waals surface area contributed by atoms with Crippen molar-refractivity contribution in [2.75, 3.05) is 0 Å². The maximum Gasteiger partial charge on any atom is 0.356 e. The zero-order valence-corrected chi connectivity index (χ0v) is 9.79. The number of carboxylic acid groups (broad SMARTS) is 1. The molecule has 0 saturated heterocycles. The number of nitrogens with zero attached hydrogens (tertiary/aromatic N) is 1. The number of aromatic amines is 1. The Hall–Kier alpha value is -1.32. The third-order valence-electron chi connectivity index (χ3n) is 3.38. The normalized spacial score (nSPS) is 17.2. The van der Waals surface area contributed by atoms with Gasteiger partial charge in [-0.1, -0.05) is 26.7 Å². The average molecular weight is 222 g/mol. The Morgan fingerprint density at radius 1 is 1.44 bits per heavy atom. The van der Waals surface area contributed by atoms with Crippen LogP contribution in [0.3, 0.4) is 0 Å². The molecule has 0 unspecified atom stereocenters. The second kappa shape index (κ2) is 4.28. The van der Waals surface area contributed by atoms with Crippen molar-refractivity contribution in [2.24, 2.45) is 0 Å². The fraction of sp³-hybridized carbons (Fsp3) is 0.667. The molecule has 0 amide bonds. The van der Waals surface area contributed by atoms with E-state index in [1.54, 1.807) is 0 Å². The molecule has 16 heavy (non-hydrogen) atoms. The van der Waals surface area contributed by atoms with Crippen LogP contribution in [0.2, 0.25) is 0 Å². The summed E-state index contributed by atoms with van der Waals surface area (Å²) in [5.41, 5.74) is 2.19. The first-order chi connectivity index (χ1) is 7.61. The van der Waals surface area contributed by atoms with Gasteiger partial charge in [-0.05, 0) is 24.7 Å². The number of aromatic carboxylic acids is 1. The molecular formula is C12H18N2O2. The summed E-state index contributed by atoms with van der Waals surface area (Å²) in [5, 5.41) is 16.0. The first-order valence-corrected chi connectivity index (χ1v) is 5.92. The van der Waals surface area contributed by atoms with Gasteiger partial charge in [0.25, 0.3) is 0 Å². The summed E-state index contributed by atoms with van der Waals surface area (Å²) in [6.07, 6.45) is 4.60. The lowest BCUT2D eigenvalue weighted by Crippen LogP contribution is -2.06. The summed E-state index contributed by atoms with van der Waals surface area (Å²) in [6, 6.07) is 0. The molecule has 0 radical (unpaired) electrons. The molecule has 1 aliphatic rings. The van der Waals surface area contributed by atoms with Crippen molar-refractivity contribution < 1.29 is 9.90 Å². The van der Waals surface area contributed by atoms with E-state index >= 15 is 0 Å². The van der Waals surface area contributed by atoms with Crippen LogP contribution in [0.1, 0.15) is 73.1 Å². The van der Waals surface area contributed by atoms with Crippen LogP contribution in [0.4, 0.5) is 0 Å². The topological polar surface area (TPSA) is 66.0 Å². The van der Waals surface area contributed by atoms with E-state index in [4.69, 9.17) is 5.11 Å². The molecule has 1 saturated carbocycles. The van der Waals surface area contributed by atoms with Crippen LogP contribution in [-0.4, -0.2) is 21.3 Å². The minimum atomic E-state index is -0.912. The molecule has 1 aromatic rings. The van der Waals surface area contributed by atoms with Gasteiger partial charge in [0.05, 0.1) is 0 Å². The van der Waals surface area contributed by atoms with Crippen LogP contribution in [0.5, 0.6) is 0 Å². The van der Waals surface area contributed by atoms with Gasteiger partial charge < -0.3 is 5.11 Å². The maximum absolute atomic E-state index is 11.1. The molecule has 0 aliphatic heterocycles. The van der Waals surface area contributed by atoms with Crippen LogP contribution >= 0.6 is 0 Å². The Morgan fingerprint density at radius 3 is 2.56 bits per heavy atom. The van der Waals surface area contributed by atoms with Gasteiger partial charge in [0.2, 0.25) is 0 Å². The molecule has 1 aliphatic carbocycles. The fourth-order valence-corrected chi connectivity index (χ4v) is 2.60. The average Bonchev–Trinajstić information content (AvgIpc) is 2.85. The Balaban J connectivity index is 2.44. The van der Waals surface area contributed by atoms with Crippen molar-refractivity contribution in [1.82, 2.24) is 10.2 Å². The Kier molecular flexibility index (Phi) is 2.99. The summed E-state index contributed by atoms with van der Waals surface area (Å²) in [7, 11) is 0. The second-order valence-electron chi connectivity index (χ2n) is 4.84. The highest BCUT2D eigenvalue weighted by Crippen LogP contribution is 2.38. The predicted molar refractivity (Wildman–Crippen MR) is 60.8 cm³/mol. The molecule has 0 aromatic carbocycles. The molecule has 1 heterocycles. The van der Waals surface area contributed by atoms with E-state index in [-0.39, 0.29) is 5.69 Å². The van der Waals surface area contributed by atoms with Crippen molar-refractivity contribution in [1.29, 1.82) is 0 Å². The number of H-pyrrole nitrogens is 1. The summed E-state index contributed by atoms with van der Waals surface area (Å²) < 4.78 is 0. The highest BCUT2D eigenvalue weighted by molar-refractivity contribution is 5.87. The zero-order valence-electron chi connectivity index (χ0n) is 9.79. The fourth-order valence-electron chi connectivity index (χ4n) is 2.60. The Labute approximate surface area is 95.1 Å². The summed E-state index contributed by atoms with van der Waals surface area (Å²) in [6.45, 7) is 4.13. The van der Waals surface area contributed by atoms with E-state index in [9.17, 15) is 4.79 Å². The van der Waals surface area contributed by atoms with E-state index in [0.717, 1.165) is 24.1 Å². The smallest absolute Gasteiger partial charge is 0.356 e. The number of carbonyl (C=O) groups is 1. The summed E-state index contributed by atoms with van der Waals surface area (Å²) in [5.74, 6) is -0.219. The Morgan fingerprint density at radius 2 is 2.06 bits per heavy atom. The highest BCUT2D eigenvalue weighted by Gasteiger charge is 2.28. The van der Waals surface area contributed by atoms with Gasteiger partial charge in [0.1, 0.15) is 0 Å². The lowest BCUT2D eigenvalue weighted by atomic mass is 9.91. The molecule has 0 spiro atoms. The number of nitrogens with one attached hydrogen (secondary N) is 1. The SMILES string of the molecule is CC(C)c1[nH]nc(C(=O)O)c1C1CCCC1. The van der Waals surface area contributed by atoms with Crippen LogP contribution in [0, 0.1) is 0 Å². The molecule has 88 valence electrons. The van der Waals surface area contributed by atoms with Crippen molar-refractivity contribution >= 4 is 5.97 Å². The quantitative estimate of drug-likeness (QED) is 0.826. The minimum absolute atomic E-state index is 0.232. The minimum Gasteiger partial charge on any atom is -0.476 e. The van der Waals surface area contributed by atoms with Crippen LogP contribution in [-0.2, 0) is 0 Å². The first kappa shape index (κ1) is 11.2. The number of carboxylic acids is 1. The lowest BCUT2D eigenvalue weighted by Gasteiger charge is -2.13. The van der Waals surface area contributed by atoms with E-state index in [1.165, 1.54) is 12.8 Å². The van der Waals surface area contributed by atoms with E-state index in [0.29, 0.717) is 11.8 Å². The van der Waals surface area contributed by atoms with Crippen molar-refractivity contribution in [3.63, 3.8) is 0 Å². The molecule has 0 bridgehead atoms. The summed E-state index contributed by atoms with van der Waals surface area (Å²) >= 11 is 0. The molecule has 1 aromatic heterocycles. The van der Waals surface area contributed by atoms with Crippen LogP contribution in [0.15, 0.2) is 0 Å². The van der Waals surface area contributed by atoms with Gasteiger partial charge >= 0.3 is 5.97 Å². The number of rotatable bonds is 3. The van der Waals surface area contributed by atoms with Gasteiger partial charge in [-0.3, -0.25) is 5.10 Å². The van der Waals surface area contributed by atoms with Gasteiger partial charge in [0.15, 0.2) is 5.69 Å². The van der Waals surface area contributed by atoms with Gasteiger partial charge in [-0.15, -0.1) is 0 Å². The molecule has 0 atom stereocenters. The highest BCUT2D eigenvalue weighted by atomic mass is 16.4. The van der Waals surface area contributed by atoms with Crippen LogP contribution < -0.4 is 0 Å². The number of hydrogen-bond donors (Lipinski definition) is 2. The van der Waals surface area contributed by atoms with Gasteiger partial charge in [-0.25, -0.2) is 4.79 Å². The van der Waals surface area contributed by atoms with Crippen LogP contribution in [0.25, 0.3) is 0 Å². The third kappa shape index (κ3) is 1.84. The lowest BCUT2D eigenvalue weighted by molar-refractivity contribution is 0.0688. The van der Waals surface area contributed by atoms with E-state index in [1.807, 2.05) is 0 Å². The first-order valence-electron chi connectivity index (χ1n) is 5.92. The molecule has 4 heteroatoms. The second-order valence-corrected chi connectivity index (χ2v) is 4.84. The van der Waals surface area contributed by atoms with Crippen molar-refractivity contribution in [2.45, 2.75) is 51.4 Å². The third-order valence-corrected chi connectivity index (χ3v) is 3.38. The predicted octanol–water partition coefficient (Wildman–Crippen LogP) is 2.89. The molecule has 4 nitrogen and oxygen atoms in total.